The molecule has 0 aliphatic rings. The van der Waals surface area contributed by atoms with Crippen LogP contribution in [-0.2, 0) is 11.0 Å². The number of fused-ring (bicyclic) bond motifs is 1. The Kier molecular flexibility index (Phi) is 4.80. The van der Waals surface area contributed by atoms with Crippen molar-refractivity contribution in [2.45, 2.75) is 44.7 Å². The van der Waals surface area contributed by atoms with Gasteiger partial charge in [0.1, 0.15) is 11.6 Å². The molecule has 0 saturated heterocycles. The maximum Gasteiger partial charge on any atom is 0.411 e. The van der Waals surface area contributed by atoms with Crippen molar-refractivity contribution in [2.24, 2.45) is 0 Å². The second kappa shape index (κ2) is 6.11. The van der Waals surface area contributed by atoms with Crippen molar-refractivity contribution < 1.29 is 30.6 Å². The van der Waals surface area contributed by atoms with Crippen molar-refractivity contribution in [3.8, 4) is 0 Å². The topological polar surface area (TPSA) is 42.2 Å². The average molecular weight is 369 g/mol. The molecule has 0 aliphatic carbocycles. The van der Waals surface area contributed by atoms with Crippen LogP contribution in [-0.4, -0.2) is 15.1 Å². The Balaban J connectivity index is 2.59. The third kappa shape index (κ3) is 3.61. The summed E-state index contributed by atoms with van der Waals surface area (Å²) in [5, 5.41) is -0.0971. The molecular weight excluding hydrogens is 353 g/mol. The summed E-state index contributed by atoms with van der Waals surface area (Å²) < 4.78 is 85.5. The third-order valence-electron chi connectivity index (χ3n) is 3.36. The molecule has 0 radical (unpaired) electrons. The molecule has 9 heteroatoms. The Morgan fingerprint density at radius 1 is 1.17 bits per heavy atom. The minimum atomic E-state index is -4.84. The molecule has 0 saturated carbocycles. The minimum absolute atomic E-state index is 0.0656. The average Bonchev–Trinajstić information content (AvgIpc) is 2.71. The fraction of sp³-hybridized carbons (Fsp3) is 0.467. The van der Waals surface area contributed by atoms with Crippen LogP contribution >= 0.6 is 0 Å². The summed E-state index contributed by atoms with van der Waals surface area (Å²) in [6.07, 6.45) is -4.84. The molecule has 0 bridgehead atoms. The largest absolute Gasteiger partial charge is 0.456 e. The van der Waals surface area contributed by atoms with Crippen LogP contribution in [0.25, 0.3) is 11.0 Å². The van der Waals surface area contributed by atoms with Crippen LogP contribution in [0.4, 0.5) is 22.0 Å². The van der Waals surface area contributed by atoms with E-state index >= 15 is 0 Å². The Morgan fingerprint density at radius 2 is 1.75 bits per heavy atom. The van der Waals surface area contributed by atoms with E-state index in [0.717, 1.165) is 6.07 Å². The minimum Gasteiger partial charge on any atom is -0.456 e. The summed E-state index contributed by atoms with van der Waals surface area (Å²) in [5.41, 5.74) is -0.536. The van der Waals surface area contributed by atoms with Gasteiger partial charge in [0, 0.05) is 17.0 Å². The fourth-order valence-electron chi connectivity index (χ4n) is 2.09. The molecule has 2 aromatic rings. The van der Waals surface area contributed by atoms with Crippen molar-refractivity contribution in [3.05, 3.63) is 35.1 Å². The molecule has 1 N–H and O–H groups in total. The zero-order chi connectivity index (χ0) is 18.4. The first-order chi connectivity index (χ1) is 10.8. The molecule has 1 aromatic heterocycles. The second-order valence-corrected chi connectivity index (χ2v) is 8.33. The van der Waals surface area contributed by atoms with E-state index in [-0.39, 0.29) is 10.9 Å². The lowest BCUT2D eigenvalue weighted by Crippen LogP contribution is -2.41. The lowest BCUT2D eigenvalue weighted by Gasteiger charge is -2.25. The Hall–Kier alpha value is -1.48. The number of nitrogens with one attached hydrogen (secondary N) is 1. The van der Waals surface area contributed by atoms with Crippen LogP contribution in [0.2, 0.25) is 0 Å². The smallest absolute Gasteiger partial charge is 0.411 e. The van der Waals surface area contributed by atoms with Gasteiger partial charge >= 0.3 is 6.18 Å². The molecule has 134 valence electrons. The van der Waals surface area contributed by atoms with E-state index in [1.807, 2.05) is 4.72 Å². The Morgan fingerprint density at radius 3 is 2.25 bits per heavy atom. The van der Waals surface area contributed by atoms with E-state index in [1.54, 1.807) is 0 Å². The number of benzene rings is 1. The maximum atomic E-state index is 13.8. The number of rotatable bonds is 3. The highest BCUT2D eigenvalue weighted by Gasteiger charge is 2.46. The zero-order valence-electron chi connectivity index (χ0n) is 13.3. The van der Waals surface area contributed by atoms with Crippen molar-refractivity contribution in [2.75, 3.05) is 0 Å². The van der Waals surface area contributed by atoms with Gasteiger partial charge in [-0.1, -0.05) is 0 Å². The van der Waals surface area contributed by atoms with E-state index in [9.17, 15) is 26.2 Å². The second-order valence-electron chi connectivity index (χ2n) is 6.33. The van der Waals surface area contributed by atoms with E-state index < -0.39 is 50.9 Å². The molecule has 0 aliphatic heterocycles. The van der Waals surface area contributed by atoms with Gasteiger partial charge in [-0.3, -0.25) is 0 Å². The SMILES string of the molecule is Cc1c([C@@H](N[S@@](=O)C(C)(C)C)C(F)(F)F)oc2c(F)cc(F)cc12. The van der Waals surface area contributed by atoms with Crippen LogP contribution in [0.3, 0.4) is 0 Å². The first kappa shape index (κ1) is 18.9. The summed E-state index contributed by atoms with van der Waals surface area (Å²) in [4.78, 5) is 0. The molecule has 0 amide bonds. The molecule has 0 spiro atoms. The highest BCUT2D eigenvalue weighted by atomic mass is 32.2. The van der Waals surface area contributed by atoms with Gasteiger partial charge in [-0.2, -0.15) is 13.2 Å². The summed E-state index contributed by atoms with van der Waals surface area (Å²) in [6, 6.07) is -0.986. The predicted molar refractivity (Wildman–Crippen MR) is 80.7 cm³/mol. The van der Waals surface area contributed by atoms with Crippen molar-refractivity contribution >= 4 is 22.0 Å². The maximum absolute atomic E-state index is 13.8. The van der Waals surface area contributed by atoms with Gasteiger partial charge in [-0.15, -0.1) is 0 Å². The van der Waals surface area contributed by atoms with Gasteiger partial charge < -0.3 is 4.42 Å². The molecule has 1 aromatic carbocycles. The zero-order valence-corrected chi connectivity index (χ0v) is 14.2. The van der Waals surface area contributed by atoms with Gasteiger partial charge in [0.15, 0.2) is 17.4 Å². The van der Waals surface area contributed by atoms with Crippen molar-refractivity contribution in [1.29, 1.82) is 0 Å². The summed E-state index contributed by atoms with van der Waals surface area (Å²) >= 11 is 0. The highest BCUT2D eigenvalue weighted by Crippen LogP contribution is 2.39. The van der Waals surface area contributed by atoms with Gasteiger partial charge in [0.2, 0.25) is 0 Å². The Bertz CT molecular complexity index is 792. The normalized spacial score (nSPS) is 15.7. The van der Waals surface area contributed by atoms with E-state index in [0.29, 0.717) is 6.07 Å². The van der Waals surface area contributed by atoms with Crippen LogP contribution in [0.1, 0.15) is 38.1 Å². The lowest BCUT2D eigenvalue weighted by atomic mass is 10.1. The highest BCUT2D eigenvalue weighted by molar-refractivity contribution is 7.84. The van der Waals surface area contributed by atoms with E-state index in [4.69, 9.17) is 4.42 Å². The number of alkyl halides is 3. The van der Waals surface area contributed by atoms with Crippen LogP contribution in [0.5, 0.6) is 0 Å². The number of furan rings is 1. The lowest BCUT2D eigenvalue weighted by molar-refractivity contribution is -0.156. The summed E-state index contributed by atoms with van der Waals surface area (Å²) in [5.74, 6) is -2.66. The first-order valence-electron chi connectivity index (χ1n) is 6.95. The summed E-state index contributed by atoms with van der Waals surface area (Å²) in [7, 11) is -2.05. The van der Waals surface area contributed by atoms with Gasteiger partial charge in [-0.25, -0.2) is 17.7 Å². The number of hydrogen-bond donors (Lipinski definition) is 1. The molecule has 1 heterocycles. The predicted octanol–water partition coefficient (Wildman–Crippen LogP) is 4.67. The van der Waals surface area contributed by atoms with Crippen LogP contribution < -0.4 is 4.72 Å². The standard InChI is InChI=1S/C15H16F5NO2S/c1-7-9-5-8(16)6-10(17)12(9)23-11(7)13(15(18,19)20)21-24(22)14(2,3)4/h5-6,13,21H,1-4H3/t13-,24+/m1/s1. The Labute approximate surface area is 137 Å². The molecule has 0 fully saturated rings. The molecule has 2 atom stereocenters. The molecule has 2 rings (SSSR count). The molecular formula is C15H16F5NO2S. The third-order valence-corrected chi connectivity index (χ3v) is 4.93. The fourth-order valence-corrected chi connectivity index (χ4v) is 2.90. The summed E-state index contributed by atoms with van der Waals surface area (Å²) in [6.45, 7) is 5.78. The molecule has 0 unspecified atom stereocenters. The van der Waals surface area contributed by atoms with Gasteiger partial charge in [0.25, 0.3) is 0 Å². The van der Waals surface area contributed by atoms with E-state index in [1.165, 1.54) is 27.7 Å². The van der Waals surface area contributed by atoms with Crippen LogP contribution in [0.15, 0.2) is 16.5 Å². The molecule has 3 nitrogen and oxygen atoms in total. The quantitative estimate of drug-likeness (QED) is 0.799. The number of hydrogen-bond acceptors (Lipinski definition) is 2. The van der Waals surface area contributed by atoms with Crippen LogP contribution in [0, 0.1) is 18.6 Å². The first-order valence-corrected chi connectivity index (χ1v) is 8.10. The van der Waals surface area contributed by atoms with Gasteiger partial charge in [0.05, 0.1) is 15.7 Å². The van der Waals surface area contributed by atoms with Crippen molar-refractivity contribution in [1.82, 2.24) is 4.72 Å². The van der Waals surface area contributed by atoms with E-state index in [2.05, 4.69) is 0 Å². The molecule has 24 heavy (non-hydrogen) atoms. The monoisotopic (exact) mass is 369 g/mol. The number of aryl methyl sites for hydroxylation is 1. The van der Waals surface area contributed by atoms with Gasteiger partial charge in [-0.05, 0) is 33.8 Å². The number of halogens is 5. The van der Waals surface area contributed by atoms with Crippen molar-refractivity contribution in [3.63, 3.8) is 0 Å².